The molecule has 0 saturated carbocycles. The van der Waals surface area contributed by atoms with Crippen LogP contribution in [0.1, 0.15) is 44.7 Å². The topological polar surface area (TPSA) is 129 Å². The summed E-state index contributed by atoms with van der Waals surface area (Å²) in [5.74, 6) is 0.139. The second kappa shape index (κ2) is 12.1. The number of nitrogens with one attached hydrogen (secondary N) is 2. The number of piperidine rings is 1. The first-order chi connectivity index (χ1) is 17.3. The molecule has 0 aliphatic carbocycles. The average Bonchev–Trinajstić information content (AvgIpc) is 2.76. The van der Waals surface area contributed by atoms with Crippen LogP contribution in [0, 0.1) is 12.7 Å². The molecule has 2 aliphatic heterocycles. The molecule has 0 spiro atoms. The van der Waals surface area contributed by atoms with Crippen LogP contribution in [0.2, 0.25) is 0 Å². The largest absolute Gasteiger partial charge is 0.474 e. The minimum absolute atomic E-state index is 0.0265. The second-order valence-corrected chi connectivity index (χ2v) is 12.4. The molecule has 2 unspecified atom stereocenters. The van der Waals surface area contributed by atoms with Gasteiger partial charge in [-0.3, -0.25) is 4.79 Å². The minimum Gasteiger partial charge on any atom is -0.474 e. The van der Waals surface area contributed by atoms with Crippen LogP contribution in [0.3, 0.4) is 0 Å². The van der Waals surface area contributed by atoms with E-state index in [1.165, 1.54) is 18.5 Å². The van der Waals surface area contributed by atoms with Gasteiger partial charge in [0, 0.05) is 31.2 Å². The lowest BCUT2D eigenvalue weighted by atomic mass is 9.95. The normalized spacial score (nSPS) is 21.3. The quantitative estimate of drug-likeness (QED) is 0.508. The Bertz CT molecular complexity index is 1180. The van der Waals surface area contributed by atoms with Crippen molar-refractivity contribution >= 4 is 27.8 Å². The van der Waals surface area contributed by atoms with Gasteiger partial charge in [0.2, 0.25) is 5.88 Å². The van der Waals surface area contributed by atoms with Crippen LogP contribution in [0.5, 0.6) is 5.88 Å². The number of rotatable bonds is 7. The van der Waals surface area contributed by atoms with Crippen LogP contribution < -0.4 is 15.4 Å². The van der Waals surface area contributed by atoms with Crippen molar-refractivity contribution in [1.29, 1.82) is 0 Å². The molecule has 1 aromatic heterocycles. The van der Waals surface area contributed by atoms with Gasteiger partial charge < -0.3 is 24.8 Å². The number of anilines is 2. The summed E-state index contributed by atoms with van der Waals surface area (Å²) in [4.78, 5) is 18.1. The van der Waals surface area contributed by atoms with E-state index in [4.69, 9.17) is 9.47 Å². The molecule has 2 fully saturated rings. The molecule has 2 aliphatic rings. The molecule has 1 aromatic carbocycles. The summed E-state index contributed by atoms with van der Waals surface area (Å²) in [6.45, 7) is 9.10. The van der Waals surface area contributed by atoms with Gasteiger partial charge in [-0.15, -0.1) is 0 Å². The Morgan fingerprint density at radius 3 is 2.43 bits per heavy atom. The Morgan fingerprint density at radius 2 is 1.89 bits per heavy atom. The summed E-state index contributed by atoms with van der Waals surface area (Å²) >= 11 is 0. The van der Waals surface area contributed by atoms with Gasteiger partial charge in [-0.2, -0.15) is 0 Å². The molecule has 37 heavy (non-hydrogen) atoms. The van der Waals surface area contributed by atoms with E-state index in [-0.39, 0.29) is 35.2 Å². The van der Waals surface area contributed by atoms with Gasteiger partial charge in [0.05, 0.1) is 30.2 Å². The third-order valence-corrected chi connectivity index (χ3v) is 6.50. The Morgan fingerprint density at radius 1 is 1.22 bits per heavy atom. The predicted octanol–water partition coefficient (Wildman–Crippen LogP) is 3.07. The maximum Gasteiger partial charge on any atom is 0.293 e. The summed E-state index contributed by atoms with van der Waals surface area (Å²) in [6, 6.07) is 4.86. The number of aromatic nitrogens is 2. The number of benzene rings is 1. The van der Waals surface area contributed by atoms with E-state index in [0.717, 1.165) is 19.1 Å². The fourth-order valence-corrected chi connectivity index (χ4v) is 4.83. The number of carbonyl (C=O) groups excluding carboxylic acids is 1. The first-order valence-corrected chi connectivity index (χ1v) is 14.1. The van der Waals surface area contributed by atoms with Gasteiger partial charge in [0.25, 0.3) is 6.47 Å². The number of ether oxygens (including phenoxy) is 3. The molecule has 4 rings (SSSR count). The molecule has 10 nitrogen and oxygen atoms in total. The minimum atomic E-state index is -3.23. The lowest BCUT2D eigenvalue weighted by molar-refractivity contribution is -0.138. The second-order valence-electron chi connectivity index (χ2n) is 10.3. The van der Waals surface area contributed by atoms with Crippen molar-refractivity contribution in [2.45, 2.75) is 70.1 Å². The van der Waals surface area contributed by atoms with Crippen molar-refractivity contribution in [2.75, 3.05) is 24.8 Å². The van der Waals surface area contributed by atoms with Crippen molar-refractivity contribution in [1.82, 2.24) is 15.3 Å². The van der Waals surface area contributed by atoms with Crippen LogP contribution in [-0.4, -0.2) is 68.1 Å². The Balaban J connectivity index is 0.000000479. The van der Waals surface area contributed by atoms with E-state index in [9.17, 15) is 17.6 Å². The SMILES string of the molecule is CC(C)(C)OC=O.Cc1c(Nc2ccc(CS(C)(=O)=O)cc2F)ncnc1OC1CC2COCC(C1)N2. The highest BCUT2D eigenvalue weighted by atomic mass is 32.2. The Kier molecular flexibility index (Phi) is 9.43. The highest BCUT2D eigenvalue weighted by Crippen LogP contribution is 2.29. The zero-order chi connectivity index (χ0) is 27.2. The van der Waals surface area contributed by atoms with Crippen LogP contribution in [0.15, 0.2) is 24.5 Å². The van der Waals surface area contributed by atoms with Crippen molar-refractivity contribution in [3.05, 3.63) is 41.5 Å². The maximum absolute atomic E-state index is 14.5. The molecule has 2 bridgehead atoms. The number of morpholine rings is 1. The zero-order valence-electron chi connectivity index (χ0n) is 21.8. The van der Waals surface area contributed by atoms with Crippen LogP contribution >= 0.6 is 0 Å². The number of sulfone groups is 1. The molecule has 3 heterocycles. The van der Waals surface area contributed by atoms with Gasteiger partial charge in [0.15, 0.2) is 9.84 Å². The van der Waals surface area contributed by atoms with Crippen molar-refractivity contribution in [2.24, 2.45) is 0 Å². The summed E-state index contributed by atoms with van der Waals surface area (Å²) < 4.78 is 53.6. The number of hydrogen-bond donors (Lipinski definition) is 2. The highest BCUT2D eigenvalue weighted by Gasteiger charge is 2.33. The van der Waals surface area contributed by atoms with Crippen molar-refractivity contribution in [3.63, 3.8) is 0 Å². The molecule has 204 valence electrons. The molecular weight excluding hydrogens is 503 g/mol. The monoisotopic (exact) mass is 538 g/mol. The zero-order valence-corrected chi connectivity index (χ0v) is 22.6. The Hall–Kier alpha value is -2.83. The molecule has 2 N–H and O–H groups in total. The third kappa shape index (κ3) is 9.20. The van der Waals surface area contributed by atoms with Gasteiger partial charge in [-0.05, 0) is 45.4 Å². The fraction of sp³-hybridized carbons (Fsp3) is 0.560. The van der Waals surface area contributed by atoms with E-state index in [1.54, 1.807) is 6.07 Å². The lowest BCUT2D eigenvalue weighted by Crippen LogP contribution is -2.56. The van der Waals surface area contributed by atoms with Crippen molar-refractivity contribution < 1.29 is 31.8 Å². The highest BCUT2D eigenvalue weighted by molar-refractivity contribution is 7.89. The van der Waals surface area contributed by atoms with E-state index < -0.39 is 15.7 Å². The molecule has 2 saturated heterocycles. The lowest BCUT2D eigenvalue weighted by Gasteiger charge is -2.39. The smallest absolute Gasteiger partial charge is 0.293 e. The van der Waals surface area contributed by atoms with Crippen molar-refractivity contribution in [3.8, 4) is 5.88 Å². The number of nitrogens with zero attached hydrogens (tertiary/aromatic N) is 2. The van der Waals surface area contributed by atoms with Gasteiger partial charge in [-0.1, -0.05) is 6.07 Å². The number of carbonyl (C=O) groups is 1. The molecule has 12 heteroatoms. The van der Waals surface area contributed by atoms with Gasteiger partial charge >= 0.3 is 0 Å². The maximum atomic E-state index is 14.5. The summed E-state index contributed by atoms with van der Waals surface area (Å²) in [5.41, 5.74) is 0.955. The van der Waals surface area contributed by atoms with Gasteiger partial charge in [0.1, 0.15) is 29.7 Å². The number of hydrogen-bond acceptors (Lipinski definition) is 10. The summed E-state index contributed by atoms with van der Waals surface area (Å²) in [7, 11) is -3.23. The van der Waals surface area contributed by atoms with E-state index in [0.29, 0.717) is 42.5 Å². The molecule has 0 radical (unpaired) electrons. The van der Waals surface area contributed by atoms with E-state index in [1.807, 2.05) is 27.7 Å². The molecule has 2 atom stereocenters. The van der Waals surface area contributed by atoms with E-state index in [2.05, 4.69) is 25.3 Å². The first kappa shape index (κ1) is 28.7. The molecular formula is C25H35FN4O6S. The first-order valence-electron chi connectivity index (χ1n) is 12.0. The number of fused-ring (bicyclic) bond motifs is 2. The fourth-order valence-electron chi connectivity index (χ4n) is 4.04. The number of halogens is 1. The van der Waals surface area contributed by atoms with E-state index >= 15 is 0 Å². The third-order valence-electron chi connectivity index (χ3n) is 5.64. The summed E-state index contributed by atoms with van der Waals surface area (Å²) in [5, 5.41) is 6.48. The standard InChI is InChI=1S/C20H25FN4O4S.C5H10O2/c1-12-19(25-18-4-3-13(5-17(18)21)10-30(2,26)27)22-11-23-20(12)29-16-6-14-8-28-9-15(7-16)24-14;1-5(2,3)7-4-6/h3-5,11,14-16,24H,6-10H2,1-2H3,(H,22,23,25);4H,1-3H3. The Labute approximate surface area is 217 Å². The van der Waals surface area contributed by atoms with Crippen LogP contribution in [0.4, 0.5) is 15.9 Å². The van der Waals surface area contributed by atoms with Gasteiger partial charge in [-0.25, -0.2) is 22.8 Å². The molecule has 2 aromatic rings. The molecule has 0 amide bonds. The predicted molar refractivity (Wildman–Crippen MR) is 137 cm³/mol. The average molecular weight is 539 g/mol. The summed E-state index contributed by atoms with van der Waals surface area (Å²) in [6.07, 6.45) is 4.19. The van der Waals surface area contributed by atoms with Crippen LogP contribution in [0.25, 0.3) is 0 Å². The van der Waals surface area contributed by atoms with Crippen LogP contribution in [-0.2, 0) is 29.9 Å².